The Kier molecular flexibility index (Phi) is 11.1. The number of rotatable bonds is 9. The summed E-state index contributed by atoms with van der Waals surface area (Å²) in [6.45, 7) is 13.0. The SMILES string of the molecule is [2H]c1c([2H])c([2H])c2c(c1[2H])c1c([2H])c([2H])c([2H])c([2H])c1n2-c1cc2c3c(c1)N(c1c(-c4ccccc4)cc(C(C)(C)C)cc1-c1ccccc1)c1ccc(-c4ccccc4)cc1B3c1cc(-c3ccccc3)ccc1N2c1c(-c2ccccc2)cc(C(C)(C)C)cc1-c1ccccc1. The zero-order valence-electron chi connectivity index (χ0n) is 59.2. The molecule has 90 heavy (non-hydrogen) atoms. The Hall–Kier alpha value is -10.7. The van der Waals surface area contributed by atoms with Gasteiger partial charge in [0.05, 0.1) is 39.1 Å². The minimum atomic E-state index is -0.506. The maximum Gasteiger partial charge on any atom is 0.252 e. The van der Waals surface area contributed by atoms with E-state index in [1.54, 1.807) is 4.57 Å². The van der Waals surface area contributed by atoms with Crippen LogP contribution >= 0.6 is 0 Å². The van der Waals surface area contributed by atoms with Crippen molar-refractivity contribution < 1.29 is 11.0 Å². The molecule has 0 N–H and O–H groups in total. The van der Waals surface area contributed by atoms with Gasteiger partial charge in [0.25, 0.3) is 6.71 Å². The first kappa shape index (κ1) is 46.5. The largest absolute Gasteiger partial charge is 0.310 e. The molecule has 0 fully saturated rings. The van der Waals surface area contributed by atoms with Gasteiger partial charge in [0, 0.05) is 55.8 Å². The van der Waals surface area contributed by atoms with E-state index in [1.807, 2.05) is 36.4 Å². The van der Waals surface area contributed by atoms with Crippen LogP contribution in [0, 0.1) is 0 Å². The minimum Gasteiger partial charge on any atom is -0.310 e. The van der Waals surface area contributed by atoms with Gasteiger partial charge >= 0.3 is 0 Å². The molecule has 0 amide bonds. The van der Waals surface area contributed by atoms with Crippen molar-refractivity contribution in [3.05, 3.63) is 314 Å². The standard InChI is InChI=1S/C86H68BN3/c1-85(2,3)65-51-70(59-33-17-9-18-34-59)83(71(52-65)60-35-19-10-20-36-60)89-78-47-45-63(57-29-13-7-14-30-57)49-74(78)87-75-50-64(58-31-15-8-16-32-58)46-48-79(75)90(81-56-67(55-80(89)82(81)87)88-76-43-27-25-41-68(76)69-42-26-28-44-77(69)88)84-72(61-37-21-11-22-38-61)53-66(86(4,5)6)54-73(84)62-39-23-12-24-40-62/h7-56H,1-6H3/i25D,26D,27D,28D,41D,42D,43D,44D. The maximum atomic E-state index is 10.0. The van der Waals surface area contributed by atoms with E-state index >= 15 is 0 Å². The van der Waals surface area contributed by atoms with Gasteiger partial charge in [-0.3, -0.25) is 0 Å². The number of aromatic nitrogens is 1. The van der Waals surface area contributed by atoms with Crippen molar-refractivity contribution in [2.75, 3.05) is 9.80 Å². The quantitative estimate of drug-likeness (QED) is 0.133. The van der Waals surface area contributed by atoms with Crippen LogP contribution < -0.4 is 26.2 Å². The average Bonchev–Trinajstić information content (AvgIpc) is 0.839. The Morgan fingerprint density at radius 1 is 0.311 bits per heavy atom. The molecule has 2 aliphatic heterocycles. The molecule has 0 aliphatic carbocycles. The third-order valence-electron chi connectivity index (χ3n) is 18.3. The highest BCUT2D eigenvalue weighted by Crippen LogP contribution is 2.55. The summed E-state index contributed by atoms with van der Waals surface area (Å²) < 4.78 is 78.4. The van der Waals surface area contributed by atoms with Crippen molar-refractivity contribution in [2.24, 2.45) is 0 Å². The summed E-state index contributed by atoms with van der Waals surface area (Å²) in [7, 11) is 0. The Morgan fingerprint density at radius 3 is 0.944 bits per heavy atom. The molecule has 0 saturated heterocycles. The summed E-state index contributed by atoms with van der Waals surface area (Å²) in [6.07, 6.45) is 0. The molecule has 0 spiro atoms. The molecule has 4 heteroatoms. The second kappa shape index (κ2) is 21.6. The van der Waals surface area contributed by atoms with Gasteiger partial charge in [-0.05, 0) is 143 Å². The molecular formula is C86H68BN3. The molecule has 3 heterocycles. The van der Waals surface area contributed by atoms with E-state index in [9.17, 15) is 11.0 Å². The first-order valence-corrected chi connectivity index (χ1v) is 31.0. The van der Waals surface area contributed by atoms with Gasteiger partial charge in [-0.15, -0.1) is 0 Å². The van der Waals surface area contributed by atoms with Crippen LogP contribution in [0.25, 0.3) is 94.3 Å². The smallest absolute Gasteiger partial charge is 0.252 e. The third-order valence-corrected chi connectivity index (χ3v) is 18.3. The van der Waals surface area contributed by atoms with Crippen molar-refractivity contribution in [3.8, 4) is 72.4 Å². The third kappa shape index (κ3) is 9.20. The lowest BCUT2D eigenvalue weighted by atomic mass is 9.33. The van der Waals surface area contributed by atoms with E-state index < -0.39 is 43.0 Å². The molecule has 430 valence electrons. The summed E-state index contributed by atoms with van der Waals surface area (Å²) >= 11 is 0. The molecule has 3 nitrogen and oxygen atoms in total. The van der Waals surface area contributed by atoms with Gasteiger partial charge in [-0.2, -0.15) is 0 Å². The van der Waals surface area contributed by atoms with Crippen molar-refractivity contribution in [1.82, 2.24) is 4.57 Å². The van der Waals surface area contributed by atoms with Crippen molar-refractivity contribution in [3.63, 3.8) is 0 Å². The fraction of sp³-hybridized carbons (Fsp3) is 0.0930. The van der Waals surface area contributed by atoms with Gasteiger partial charge in [-0.1, -0.05) is 284 Å². The summed E-state index contributed by atoms with van der Waals surface area (Å²) in [5.41, 5.74) is 22.3. The molecule has 0 saturated carbocycles. The zero-order valence-corrected chi connectivity index (χ0v) is 51.2. The first-order valence-electron chi connectivity index (χ1n) is 35.0. The van der Waals surface area contributed by atoms with Crippen LogP contribution in [-0.4, -0.2) is 11.3 Å². The first-order chi connectivity index (χ1) is 47.3. The lowest BCUT2D eigenvalue weighted by molar-refractivity contribution is 0.590. The highest BCUT2D eigenvalue weighted by atomic mass is 15.2. The maximum absolute atomic E-state index is 10.0. The van der Waals surface area contributed by atoms with Crippen LogP contribution in [0.5, 0.6) is 0 Å². The summed E-state index contributed by atoms with van der Waals surface area (Å²) in [6, 6.07) is 87.2. The molecule has 16 rings (SSSR count). The fourth-order valence-electron chi connectivity index (χ4n) is 13.9. The number of hydrogen-bond donors (Lipinski definition) is 0. The van der Waals surface area contributed by atoms with E-state index in [1.165, 1.54) is 0 Å². The van der Waals surface area contributed by atoms with Crippen LogP contribution in [0.2, 0.25) is 0 Å². The van der Waals surface area contributed by atoms with Crippen LogP contribution in [0.4, 0.5) is 34.1 Å². The van der Waals surface area contributed by atoms with Crippen molar-refractivity contribution in [2.45, 2.75) is 52.4 Å². The van der Waals surface area contributed by atoms with Gasteiger partial charge in [0.1, 0.15) is 0 Å². The molecule has 0 unspecified atom stereocenters. The number of hydrogen-bond acceptors (Lipinski definition) is 2. The van der Waals surface area contributed by atoms with E-state index in [4.69, 9.17) is 0 Å². The van der Waals surface area contributed by atoms with Gasteiger partial charge in [-0.25, -0.2) is 0 Å². The Morgan fingerprint density at radius 2 is 0.622 bits per heavy atom. The van der Waals surface area contributed by atoms with Gasteiger partial charge in [0.15, 0.2) is 0 Å². The molecule has 2 aliphatic rings. The van der Waals surface area contributed by atoms with E-state index in [2.05, 4.69) is 270 Å². The molecule has 13 aromatic carbocycles. The van der Waals surface area contributed by atoms with Crippen LogP contribution in [0.1, 0.15) is 63.6 Å². The minimum absolute atomic E-state index is 0.000443. The highest BCUT2D eigenvalue weighted by molar-refractivity contribution is 7.00. The van der Waals surface area contributed by atoms with Gasteiger partial charge < -0.3 is 14.4 Å². The predicted molar refractivity (Wildman–Crippen MR) is 385 cm³/mol. The normalized spacial score (nSPS) is 14.0. The monoisotopic (exact) mass is 1160 g/mol. The van der Waals surface area contributed by atoms with Crippen molar-refractivity contribution >= 4 is 79.0 Å². The van der Waals surface area contributed by atoms with E-state index in [-0.39, 0.29) is 44.7 Å². The fourth-order valence-corrected chi connectivity index (χ4v) is 13.9. The second-order valence-electron chi connectivity index (χ2n) is 25.9. The lowest BCUT2D eigenvalue weighted by Gasteiger charge is -2.46. The number of fused-ring (bicyclic) bond motifs is 7. The summed E-state index contributed by atoms with van der Waals surface area (Å²) in [4.78, 5) is 4.86. The predicted octanol–water partition coefficient (Wildman–Crippen LogP) is 21.5. The number of anilines is 6. The van der Waals surface area contributed by atoms with E-state index in [0.717, 1.165) is 128 Å². The molecule has 0 atom stereocenters. The summed E-state index contributed by atoms with van der Waals surface area (Å²) in [5.74, 6) is 0. The molecule has 0 bridgehead atoms. The number of benzene rings is 13. The van der Waals surface area contributed by atoms with Gasteiger partial charge in [0.2, 0.25) is 0 Å². The molecular weight excluding hydrogens is 1090 g/mol. The molecule has 14 aromatic rings. The average molecular weight is 1160 g/mol. The number of nitrogens with zero attached hydrogens (tertiary/aromatic N) is 3. The van der Waals surface area contributed by atoms with Crippen molar-refractivity contribution in [1.29, 1.82) is 0 Å². The second-order valence-corrected chi connectivity index (χ2v) is 25.9. The van der Waals surface area contributed by atoms with E-state index in [0.29, 0.717) is 5.69 Å². The summed E-state index contributed by atoms with van der Waals surface area (Å²) in [5, 5.41) is -0.000887. The Labute approximate surface area is 540 Å². The van der Waals surface area contributed by atoms with Crippen LogP contribution in [0.3, 0.4) is 0 Å². The zero-order chi connectivity index (χ0) is 67.8. The Bertz CT molecular complexity index is 5100. The van der Waals surface area contributed by atoms with Crippen LogP contribution in [-0.2, 0) is 10.8 Å². The molecule has 1 aromatic heterocycles. The topological polar surface area (TPSA) is 11.4 Å². The lowest BCUT2D eigenvalue weighted by Crippen LogP contribution is -2.61. The molecule has 0 radical (unpaired) electrons. The Balaban J connectivity index is 1.18. The number of para-hydroxylation sites is 2. The highest BCUT2D eigenvalue weighted by Gasteiger charge is 2.46. The van der Waals surface area contributed by atoms with Crippen LogP contribution in [0.15, 0.2) is 303 Å².